The Morgan fingerprint density at radius 3 is 2.50 bits per heavy atom. The fraction of sp³-hybridized carbons (Fsp3) is 0.714. The van der Waals surface area contributed by atoms with Crippen molar-refractivity contribution in [1.29, 1.82) is 0 Å². The van der Waals surface area contributed by atoms with Crippen LogP contribution in [0.1, 0.15) is 25.7 Å². The van der Waals surface area contributed by atoms with Gasteiger partial charge in [-0.15, -0.1) is 0 Å². The third kappa shape index (κ3) is 2.49. The van der Waals surface area contributed by atoms with Gasteiger partial charge in [0.1, 0.15) is 0 Å². The largest absolute Gasteiger partial charge is 0.369 e. The molecule has 0 N–H and O–H groups in total. The Morgan fingerprint density at radius 1 is 1.06 bits per heavy atom. The van der Waals surface area contributed by atoms with E-state index >= 15 is 0 Å². The quantitative estimate of drug-likeness (QED) is 0.717. The minimum atomic E-state index is 1.04. The highest BCUT2D eigenvalue weighted by Crippen LogP contribution is 2.30. The molecule has 1 saturated heterocycles. The van der Waals surface area contributed by atoms with Crippen LogP contribution in [-0.2, 0) is 0 Å². The van der Waals surface area contributed by atoms with E-state index in [1.165, 1.54) is 64.1 Å². The number of piperazine rings is 1. The molecule has 0 radical (unpaired) electrons. The van der Waals surface area contributed by atoms with E-state index in [4.69, 9.17) is 0 Å². The predicted octanol–water partition coefficient (Wildman–Crippen LogP) is 2.25. The van der Waals surface area contributed by atoms with E-state index in [2.05, 4.69) is 28.0 Å². The van der Waals surface area contributed by atoms with Crippen LogP contribution in [0.3, 0.4) is 0 Å². The van der Waals surface area contributed by atoms with Crippen LogP contribution in [0.2, 0.25) is 0 Å². The second-order valence-electron chi connectivity index (χ2n) is 5.34. The lowest BCUT2D eigenvalue weighted by Crippen LogP contribution is -2.46. The molecule has 1 saturated carbocycles. The zero-order valence-corrected chi connectivity index (χ0v) is 10.1. The summed E-state index contributed by atoms with van der Waals surface area (Å²) in [6.45, 7) is 6.35. The zero-order valence-electron chi connectivity index (χ0n) is 10.1. The molecule has 16 heavy (non-hydrogen) atoms. The molecule has 1 aliphatic heterocycles. The van der Waals surface area contributed by atoms with Crippen LogP contribution in [0.15, 0.2) is 23.9 Å². The van der Waals surface area contributed by atoms with Gasteiger partial charge in [0, 0.05) is 38.4 Å². The SMILES string of the molecule is C1=CC(N2CCN(CC3CC3)CC2)=CCC1. The predicted molar refractivity (Wildman–Crippen MR) is 67.2 cm³/mol. The highest BCUT2D eigenvalue weighted by Gasteiger charge is 2.26. The van der Waals surface area contributed by atoms with Crippen LogP contribution in [0.4, 0.5) is 0 Å². The van der Waals surface area contributed by atoms with Crippen LogP contribution in [0, 0.1) is 5.92 Å². The number of nitrogens with zero attached hydrogens (tertiary/aromatic N) is 2. The minimum absolute atomic E-state index is 1.04. The van der Waals surface area contributed by atoms with E-state index in [0.29, 0.717) is 0 Å². The Kier molecular flexibility index (Phi) is 3.00. The molecule has 0 unspecified atom stereocenters. The van der Waals surface area contributed by atoms with Crippen molar-refractivity contribution < 1.29 is 0 Å². The highest BCUT2D eigenvalue weighted by molar-refractivity contribution is 5.21. The summed E-state index contributed by atoms with van der Waals surface area (Å²) in [6, 6.07) is 0. The van der Waals surface area contributed by atoms with Gasteiger partial charge in [-0.25, -0.2) is 0 Å². The van der Waals surface area contributed by atoms with Crippen LogP contribution < -0.4 is 0 Å². The molecule has 0 spiro atoms. The molecular weight excluding hydrogens is 196 g/mol. The summed E-state index contributed by atoms with van der Waals surface area (Å²) in [7, 11) is 0. The molecule has 88 valence electrons. The van der Waals surface area contributed by atoms with Gasteiger partial charge >= 0.3 is 0 Å². The standard InChI is InChI=1S/C14H22N2/c1-2-4-14(5-3-1)16-10-8-15(9-11-16)12-13-6-7-13/h2,4-5,13H,1,3,6-12H2. The van der Waals surface area contributed by atoms with Gasteiger partial charge in [-0.2, -0.15) is 0 Å². The summed E-state index contributed by atoms with van der Waals surface area (Å²) in [6.07, 6.45) is 12.4. The summed E-state index contributed by atoms with van der Waals surface area (Å²) in [5, 5.41) is 0. The van der Waals surface area contributed by atoms with Gasteiger partial charge in [-0.1, -0.05) is 12.2 Å². The average molecular weight is 218 g/mol. The van der Waals surface area contributed by atoms with Crippen molar-refractivity contribution in [3.8, 4) is 0 Å². The fourth-order valence-electron chi connectivity index (χ4n) is 2.69. The van der Waals surface area contributed by atoms with E-state index in [-0.39, 0.29) is 0 Å². The highest BCUT2D eigenvalue weighted by atomic mass is 15.3. The first kappa shape index (κ1) is 10.4. The van der Waals surface area contributed by atoms with Crippen LogP contribution in [-0.4, -0.2) is 42.5 Å². The minimum Gasteiger partial charge on any atom is -0.369 e. The topological polar surface area (TPSA) is 6.48 Å². The Hall–Kier alpha value is -0.760. The molecule has 2 fully saturated rings. The van der Waals surface area contributed by atoms with Gasteiger partial charge < -0.3 is 4.90 Å². The van der Waals surface area contributed by atoms with E-state index in [9.17, 15) is 0 Å². The molecule has 2 aliphatic carbocycles. The zero-order chi connectivity index (χ0) is 10.8. The number of hydrogen-bond acceptors (Lipinski definition) is 2. The van der Waals surface area contributed by atoms with Gasteiger partial charge in [0.2, 0.25) is 0 Å². The van der Waals surface area contributed by atoms with Crippen LogP contribution >= 0.6 is 0 Å². The van der Waals surface area contributed by atoms with Gasteiger partial charge in [0.05, 0.1) is 0 Å². The lowest BCUT2D eigenvalue weighted by molar-refractivity contribution is 0.156. The van der Waals surface area contributed by atoms with Gasteiger partial charge in [0.15, 0.2) is 0 Å². The third-order valence-electron chi connectivity index (χ3n) is 3.93. The summed E-state index contributed by atoms with van der Waals surface area (Å²) in [5.41, 5.74) is 1.47. The Morgan fingerprint density at radius 2 is 1.88 bits per heavy atom. The molecule has 0 bridgehead atoms. The Balaban J connectivity index is 1.49. The molecule has 0 atom stereocenters. The molecule has 2 heteroatoms. The van der Waals surface area contributed by atoms with E-state index < -0.39 is 0 Å². The average Bonchev–Trinajstić information content (AvgIpc) is 3.15. The maximum absolute atomic E-state index is 2.65. The van der Waals surface area contributed by atoms with E-state index in [1.807, 2.05) is 0 Å². The van der Waals surface area contributed by atoms with E-state index in [1.54, 1.807) is 0 Å². The molecule has 3 rings (SSSR count). The van der Waals surface area contributed by atoms with Crippen LogP contribution in [0.5, 0.6) is 0 Å². The first-order chi connectivity index (χ1) is 7.92. The van der Waals surface area contributed by atoms with Gasteiger partial charge in [-0.3, -0.25) is 4.90 Å². The van der Waals surface area contributed by atoms with Crippen molar-refractivity contribution in [2.24, 2.45) is 5.92 Å². The maximum Gasteiger partial charge on any atom is 0.0323 e. The second-order valence-corrected chi connectivity index (χ2v) is 5.34. The normalized spacial score (nSPS) is 27.0. The summed E-state index contributed by atoms with van der Waals surface area (Å²) >= 11 is 0. The second kappa shape index (κ2) is 4.62. The molecule has 1 heterocycles. The van der Waals surface area contributed by atoms with Crippen LogP contribution in [0.25, 0.3) is 0 Å². The molecule has 0 amide bonds. The maximum atomic E-state index is 2.65. The monoisotopic (exact) mass is 218 g/mol. The molecular formula is C14H22N2. The van der Waals surface area contributed by atoms with Crippen molar-refractivity contribution >= 4 is 0 Å². The Labute approximate surface area is 98.6 Å². The lowest BCUT2D eigenvalue weighted by atomic mass is 10.1. The fourth-order valence-corrected chi connectivity index (χ4v) is 2.69. The summed E-state index contributed by atoms with van der Waals surface area (Å²) in [4.78, 5) is 5.21. The van der Waals surface area contributed by atoms with Crippen molar-refractivity contribution in [3.05, 3.63) is 23.9 Å². The number of hydrogen-bond donors (Lipinski definition) is 0. The number of rotatable bonds is 3. The van der Waals surface area contributed by atoms with Gasteiger partial charge in [-0.05, 0) is 37.7 Å². The lowest BCUT2D eigenvalue weighted by Gasteiger charge is -2.37. The Bertz CT molecular complexity index is 294. The van der Waals surface area contributed by atoms with E-state index in [0.717, 1.165) is 5.92 Å². The molecule has 0 aromatic heterocycles. The van der Waals surface area contributed by atoms with Crippen molar-refractivity contribution in [2.45, 2.75) is 25.7 Å². The van der Waals surface area contributed by atoms with Crippen molar-refractivity contribution in [1.82, 2.24) is 9.80 Å². The molecule has 0 aromatic rings. The smallest absolute Gasteiger partial charge is 0.0323 e. The van der Waals surface area contributed by atoms with Crippen molar-refractivity contribution in [2.75, 3.05) is 32.7 Å². The number of allylic oxidation sites excluding steroid dienone is 3. The first-order valence-electron chi connectivity index (χ1n) is 6.76. The van der Waals surface area contributed by atoms with Crippen molar-refractivity contribution in [3.63, 3.8) is 0 Å². The first-order valence-corrected chi connectivity index (χ1v) is 6.76. The molecule has 3 aliphatic rings. The van der Waals surface area contributed by atoms with Gasteiger partial charge in [0.25, 0.3) is 0 Å². The summed E-state index contributed by atoms with van der Waals surface area (Å²) in [5.74, 6) is 1.04. The summed E-state index contributed by atoms with van der Waals surface area (Å²) < 4.78 is 0. The molecule has 0 aromatic carbocycles. The molecule has 2 nitrogen and oxygen atoms in total. The third-order valence-corrected chi connectivity index (χ3v) is 3.93.